The molecule has 0 unspecified atom stereocenters. The van der Waals surface area contributed by atoms with Gasteiger partial charge in [0.2, 0.25) is 0 Å². The molecule has 56 heavy (non-hydrogen) atoms. The van der Waals surface area contributed by atoms with Crippen molar-refractivity contribution in [3.63, 3.8) is 0 Å². The molecule has 1 aliphatic heterocycles. The Hall–Kier alpha value is -0.611. The number of carboxylic acid groups (broad SMARTS) is 1. The van der Waals surface area contributed by atoms with Crippen LogP contribution in [0.3, 0.4) is 0 Å². The number of aromatic carboxylic acids is 1. The Morgan fingerprint density at radius 1 is 0.714 bits per heavy atom. The van der Waals surface area contributed by atoms with Crippen LogP contribution in [0.1, 0.15) is 105 Å². The van der Waals surface area contributed by atoms with Gasteiger partial charge in [-0.25, -0.2) is 9.78 Å². The van der Waals surface area contributed by atoms with Crippen LogP contribution >= 0.6 is 99.9 Å². The number of fused-ring (bicyclic) bond motifs is 2. The first kappa shape index (κ1) is 59.7. The fraction of sp³-hybridized carbons (Fsp3) is 0.262. The molecular formula is C42H52I5N2O5V2. The minimum atomic E-state index is -0.918. The first-order valence-corrected chi connectivity index (χ1v) is 40.4. The summed E-state index contributed by atoms with van der Waals surface area (Å²) in [7, 11) is 0.628. The van der Waals surface area contributed by atoms with E-state index in [0.717, 1.165) is 16.8 Å². The van der Waals surface area contributed by atoms with Crippen LogP contribution in [0.25, 0.3) is 22.2 Å². The molecule has 0 fully saturated rings. The quantitative estimate of drug-likeness (QED) is 0.105. The Balaban J connectivity index is -0.000000670. The summed E-state index contributed by atoms with van der Waals surface area (Å²) >= 11 is 12.1. The molecule has 2 heterocycles. The van der Waals surface area contributed by atoms with Gasteiger partial charge in [-0.2, -0.15) is 0 Å². The Labute approximate surface area is 401 Å². The maximum atomic E-state index is 11.6. The second kappa shape index (κ2) is 38.6. The number of benzene rings is 4. The number of rotatable bonds is 4. The zero-order valence-corrected chi connectivity index (χ0v) is 47.0. The number of carbonyl (C=O) groups excluding carboxylic acids is 3. The van der Waals surface area contributed by atoms with E-state index in [2.05, 4.69) is 110 Å². The summed E-state index contributed by atoms with van der Waals surface area (Å²) in [4.78, 5) is 48.7. The van der Waals surface area contributed by atoms with Crippen molar-refractivity contribution in [1.82, 2.24) is 4.98 Å². The van der Waals surface area contributed by atoms with Gasteiger partial charge in [0.25, 0.3) is 11.7 Å². The third-order valence-electron chi connectivity index (χ3n) is 6.44. The molecule has 0 atom stereocenters. The van der Waals surface area contributed by atoms with Gasteiger partial charge in [-0.05, 0) is 30.7 Å². The van der Waals surface area contributed by atoms with E-state index in [1.165, 1.54) is 0 Å². The number of nitrogens with zero attached hydrogens (tertiary/aromatic N) is 1. The fourth-order valence-electron chi connectivity index (χ4n) is 4.38. The number of nitrogens with one attached hydrogen (secondary N) is 1. The molecule has 305 valence electrons. The predicted molar refractivity (Wildman–Crippen MR) is 275 cm³/mol. The SMILES string of the molecule is CC.CC.CC.CC.CCC(=O)c1ccccc1.Cc1c(-c2ccccc2)nc2ccccc2c1C(=O)O.O=C1Nc2ccccc2C1=O.[I][V]([I])[I].[I][V][I]. The molecule has 4 aromatic carbocycles. The summed E-state index contributed by atoms with van der Waals surface area (Å²) in [6, 6.07) is 33.2. The molecule has 1 amide bonds. The van der Waals surface area contributed by atoms with E-state index in [-0.39, 0.29) is 10.7 Å². The van der Waals surface area contributed by atoms with Crippen molar-refractivity contribution < 1.29 is 38.7 Å². The average Bonchev–Trinajstić information content (AvgIpc) is 3.53. The molecule has 0 spiro atoms. The van der Waals surface area contributed by atoms with Gasteiger partial charge in [-0.15, -0.1) is 0 Å². The predicted octanol–water partition coefficient (Wildman–Crippen LogP) is 15.5. The van der Waals surface area contributed by atoms with Crippen LogP contribution in [0.4, 0.5) is 5.69 Å². The molecule has 0 aliphatic carbocycles. The minimum absolute atomic E-state index is 0.209. The number of hydrogen-bond donors (Lipinski definition) is 2. The number of anilines is 1. The molecular weight excluding hydrogens is 1350 g/mol. The summed E-state index contributed by atoms with van der Waals surface area (Å²) in [5.74, 6) is -1.69. The molecule has 7 nitrogen and oxygen atoms in total. The van der Waals surface area contributed by atoms with Crippen molar-refractivity contribution in [2.24, 2.45) is 0 Å². The van der Waals surface area contributed by atoms with Gasteiger partial charge in [0.15, 0.2) is 5.78 Å². The monoisotopic (exact) mass is 1400 g/mol. The first-order valence-electron chi connectivity index (χ1n) is 17.9. The van der Waals surface area contributed by atoms with E-state index in [0.29, 0.717) is 49.2 Å². The van der Waals surface area contributed by atoms with E-state index in [4.69, 9.17) is 0 Å². The molecule has 0 radical (unpaired) electrons. The molecule has 14 heteroatoms. The molecule has 5 aromatic rings. The van der Waals surface area contributed by atoms with Gasteiger partial charge in [0.1, 0.15) is 0 Å². The molecule has 0 saturated heterocycles. The van der Waals surface area contributed by atoms with Crippen LogP contribution in [-0.2, 0) is 19.2 Å². The third kappa shape index (κ3) is 23.2. The van der Waals surface area contributed by atoms with Crippen LogP contribution in [0.15, 0.2) is 109 Å². The number of amides is 1. The van der Waals surface area contributed by atoms with Crippen LogP contribution in [-0.4, -0.2) is 33.5 Å². The molecule has 1 aromatic heterocycles. The zero-order valence-electron chi connectivity index (χ0n) is 33.4. The van der Waals surface area contributed by atoms with Crippen LogP contribution in [0.5, 0.6) is 0 Å². The molecule has 2 N–H and O–H groups in total. The number of carboxylic acids is 1. The third-order valence-corrected chi connectivity index (χ3v) is 6.44. The number of hydrogen-bond acceptors (Lipinski definition) is 5. The van der Waals surface area contributed by atoms with E-state index < -0.39 is 17.7 Å². The van der Waals surface area contributed by atoms with Gasteiger partial charge >= 0.3 is 120 Å². The van der Waals surface area contributed by atoms with Crippen LogP contribution in [0, 0.1) is 6.92 Å². The van der Waals surface area contributed by atoms with Gasteiger partial charge in [-0.3, -0.25) is 14.4 Å². The number of ketones is 2. The van der Waals surface area contributed by atoms with Crippen molar-refractivity contribution in [3.05, 3.63) is 131 Å². The maximum absolute atomic E-state index is 11.6. The summed E-state index contributed by atoms with van der Waals surface area (Å²) in [6.07, 6.45) is 0.587. The van der Waals surface area contributed by atoms with E-state index >= 15 is 0 Å². The topological polar surface area (TPSA) is 113 Å². The number of carbonyl (C=O) groups is 4. The Kier molecular flexibility index (Phi) is 41.1. The summed E-state index contributed by atoms with van der Waals surface area (Å²) in [5.41, 5.74) is 5.27. The number of aromatic nitrogens is 1. The van der Waals surface area contributed by atoms with Crippen molar-refractivity contribution >= 4 is 140 Å². The second-order valence-corrected chi connectivity index (χ2v) is 56.5. The fourth-order valence-corrected chi connectivity index (χ4v) is 4.38. The summed E-state index contributed by atoms with van der Waals surface area (Å²) in [6.45, 7) is 19.7. The molecule has 0 saturated carbocycles. The van der Waals surface area contributed by atoms with E-state index in [9.17, 15) is 24.3 Å². The van der Waals surface area contributed by atoms with Crippen molar-refractivity contribution in [1.29, 1.82) is 0 Å². The van der Waals surface area contributed by atoms with Crippen molar-refractivity contribution in [2.75, 3.05) is 5.32 Å². The van der Waals surface area contributed by atoms with Gasteiger partial charge in [-0.1, -0.05) is 153 Å². The second-order valence-electron chi connectivity index (χ2n) is 9.38. The average molecular weight is 1400 g/mol. The Morgan fingerprint density at radius 2 is 1.14 bits per heavy atom. The normalized spacial score (nSPS) is 9.64. The van der Waals surface area contributed by atoms with E-state index in [1.807, 2.05) is 148 Å². The first-order chi connectivity index (χ1) is 27.0. The van der Waals surface area contributed by atoms with Gasteiger partial charge in [0, 0.05) is 22.9 Å². The van der Waals surface area contributed by atoms with Crippen molar-refractivity contribution in [2.45, 2.75) is 75.7 Å². The van der Waals surface area contributed by atoms with E-state index in [1.54, 1.807) is 30.3 Å². The molecule has 6 rings (SSSR count). The summed E-state index contributed by atoms with van der Waals surface area (Å²) < 4.78 is 0. The summed E-state index contributed by atoms with van der Waals surface area (Å²) in [5, 5.41) is 12.6. The van der Waals surface area contributed by atoms with Gasteiger partial charge in [0.05, 0.1) is 28.0 Å². The Bertz CT molecular complexity index is 1830. The van der Waals surface area contributed by atoms with Crippen LogP contribution in [0.2, 0.25) is 0 Å². The zero-order chi connectivity index (χ0) is 43.6. The molecule has 1 aliphatic rings. The standard InChI is InChI=1S/C17H13NO2.C9H10O.C8H5NO2.4C2H6.5HI.2V/c1-11-15(17(19)20)13-9-5-6-10-14(13)18-16(11)12-7-3-2-4-8-12;1-2-9(10)8-6-4-3-5-7-8;10-7-5-3-1-2-4-6(5)9-8(7)11;4*1-2;;;;;;;/h2-10H,1H3,(H,19,20);3-7H,2H2,1H3;1-4H,(H,9,10,11);4*1-2H3;5*1H;;/q;;;;;;;;;;;;+2;+3/p-5. The number of pyridine rings is 1. The van der Waals surface area contributed by atoms with Crippen LogP contribution < -0.4 is 5.32 Å². The van der Waals surface area contributed by atoms with Crippen molar-refractivity contribution in [3.8, 4) is 11.3 Å². The number of para-hydroxylation sites is 2. The number of halogens is 5. The molecule has 0 bridgehead atoms. The Morgan fingerprint density at radius 3 is 1.61 bits per heavy atom. The number of Topliss-reactive ketones (excluding diaryl/α,β-unsaturated/α-hetero) is 2. The van der Waals surface area contributed by atoms with Gasteiger partial charge < -0.3 is 10.4 Å².